The second-order valence-corrected chi connectivity index (χ2v) is 7.00. The number of hydrogen-bond acceptors (Lipinski definition) is 6. The molecular formula is C26H26O6. The quantitative estimate of drug-likeness (QED) is 0.192. The lowest BCUT2D eigenvalue weighted by Crippen LogP contribution is -2.23. The maximum Gasteiger partial charge on any atom is 0.321 e. The van der Waals surface area contributed by atoms with E-state index < -0.39 is 11.9 Å². The Labute approximate surface area is 187 Å². The first kappa shape index (κ1) is 23.0. The molecule has 166 valence electrons. The monoisotopic (exact) mass is 434 g/mol. The molecule has 6 nitrogen and oxygen atoms in total. The van der Waals surface area contributed by atoms with Crippen LogP contribution in [0.15, 0.2) is 78.9 Å². The second kappa shape index (κ2) is 11.7. The molecule has 32 heavy (non-hydrogen) atoms. The number of esters is 1. The summed E-state index contributed by atoms with van der Waals surface area (Å²) in [7, 11) is 2.82. The van der Waals surface area contributed by atoms with Gasteiger partial charge in [0.2, 0.25) is 0 Å². The molecule has 1 atom stereocenters. The summed E-state index contributed by atoms with van der Waals surface area (Å²) in [6.07, 6.45) is 0. The van der Waals surface area contributed by atoms with Gasteiger partial charge < -0.3 is 18.9 Å². The van der Waals surface area contributed by atoms with Crippen LogP contribution in [0, 0.1) is 0 Å². The standard InChI is InChI=1S/C26H26O6/c1-29-22-12-10-21(11-13-22)25(27)24(26(28)30-2)20-8-14-23(15-9-20)32-17-16-31-18-19-6-4-3-5-7-19/h3-15,24H,16-18H2,1-2H3. The Bertz CT molecular complexity index is 997. The van der Waals surface area contributed by atoms with Crippen LogP contribution in [0.1, 0.15) is 27.4 Å². The smallest absolute Gasteiger partial charge is 0.321 e. The maximum absolute atomic E-state index is 13.0. The van der Waals surface area contributed by atoms with E-state index >= 15 is 0 Å². The van der Waals surface area contributed by atoms with Crippen molar-refractivity contribution in [3.8, 4) is 11.5 Å². The highest BCUT2D eigenvalue weighted by atomic mass is 16.5. The van der Waals surface area contributed by atoms with Gasteiger partial charge in [0, 0.05) is 5.56 Å². The minimum Gasteiger partial charge on any atom is -0.497 e. The van der Waals surface area contributed by atoms with Crippen LogP contribution >= 0.6 is 0 Å². The number of carbonyl (C=O) groups is 2. The lowest BCUT2D eigenvalue weighted by molar-refractivity contribution is -0.141. The number of Topliss-reactive ketones (excluding diaryl/α,β-unsaturated/α-hetero) is 1. The Morgan fingerprint density at radius 1 is 0.781 bits per heavy atom. The van der Waals surface area contributed by atoms with Gasteiger partial charge in [-0.05, 0) is 47.5 Å². The van der Waals surface area contributed by atoms with E-state index in [2.05, 4.69) is 0 Å². The normalized spacial score (nSPS) is 11.4. The fraction of sp³-hybridized carbons (Fsp3) is 0.231. The first-order valence-corrected chi connectivity index (χ1v) is 10.2. The highest BCUT2D eigenvalue weighted by Crippen LogP contribution is 2.26. The Morgan fingerprint density at radius 3 is 2.06 bits per heavy atom. The highest BCUT2D eigenvalue weighted by molar-refractivity contribution is 6.13. The summed E-state index contributed by atoms with van der Waals surface area (Å²) in [5.74, 6) is -0.768. The number of carbonyl (C=O) groups excluding carboxylic acids is 2. The maximum atomic E-state index is 13.0. The summed E-state index contributed by atoms with van der Waals surface area (Å²) in [4.78, 5) is 25.4. The number of benzene rings is 3. The topological polar surface area (TPSA) is 71.1 Å². The van der Waals surface area contributed by atoms with E-state index in [1.54, 1.807) is 55.6 Å². The zero-order valence-electron chi connectivity index (χ0n) is 18.2. The van der Waals surface area contributed by atoms with Gasteiger partial charge in [0.05, 0.1) is 27.4 Å². The summed E-state index contributed by atoms with van der Waals surface area (Å²) in [5, 5.41) is 0. The minimum absolute atomic E-state index is 0.345. The van der Waals surface area contributed by atoms with Crippen LogP contribution in [0.5, 0.6) is 11.5 Å². The molecule has 0 bridgehead atoms. The molecule has 3 aromatic carbocycles. The first-order chi connectivity index (χ1) is 15.6. The van der Waals surface area contributed by atoms with Crippen molar-refractivity contribution < 1.29 is 28.5 Å². The number of methoxy groups -OCH3 is 2. The van der Waals surface area contributed by atoms with Crippen molar-refractivity contribution in [1.29, 1.82) is 0 Å². The first-order valence-electron chi connectivity index (χ1n) is 10.2. The lowest BCUT2D eigenvalue weighted by atomic mass is 9.90. The Kier molecular flexibility index (Phi) is 8.40. The van der Waals surface area contributed by atoms with E-state index in [-0.39, 0.29) is 5.78 Å². The number of ketones is 1. The van der Waals surface area contributed by atoms with Crippen molar-refractivity contribution >= 4 is 11.8 Å². The average Bonchev–Trinajstić information content (AvgIpc) is 2.85. The van der Waals surface area contributed by atoms with Crippen molar-refractivity contribution in [1.82, 2.24) is 0 Å². The van der Waals surface area contributed by atoms with Gasteiger partial charge in [-0.2, -0.15) is 0 Å². The third kappa shape index (κ3) is 6.18. The van der Waals surface area contributed by atoms with Gasteiger partial charge in [0.15, 0.2) is 5.78 Å². The Hall–Kier alpha value is -3.64. The molecular weight excluding hydrogens is 408 g/mol. The molecule has 3 rings (SSSR count). The van der Waals surface area contributed by atoms with Crippen LogP contribution in [0.25, 0.3) is 0 Å². The van der Waals surface area contributed by atoms with E-state index in [0.717, 1.165) is 5.56 Å². The third-order valence-electron chi connectivity index (χ3n) is 4.89. The second-order valence-electron chi connectivity index (χ2n) is 7.00. The fourth-order valence-electron chi connectivity index (χ4n) is 3.17. The summed E-state index contributed by atoms with van der Waals surface area (Å²) in [5.41, 5.74) is 2.04. The Morgan fingerprint density at radius 2 is 1.44 bits per heavy atom. The molecule has 0 radical (unpaired) electrons. The zero-order chi connectivity index (χ0) is 22.8. The molecule has 0 spiro atoms. The summed E-state index contributed by atoms with van der Waals surface area (Å²) in [6.45, 7) is 1.35. The van der Waals surface area contributed by atoms with Gasteiger partial charge in [-0.1, -0.05) is 42.5 Å². The van der Waals surface area contributed by atoms with Crippen LogP contribution in [0.3, 0.4) is 0 Å². The van der Waals surface area contributed by atoms with Crippen LogP contribution in [0.2, 0.25) is 0 Å². The van der Waals surface area contributed by atoms with Gasteiger partial charge >= 0.3 is 5.97 Å². The predicted molar refractivity (Wildman–Crippen MR) is 120 cm³/mol. The number of rotatable bonds is 11. The zero-order valence-corrected chi connectivity index (χ0v) is 18.2. The van der Waals surface area contributed by atoms with E-state index in [0.29, 0.717) is 42.4 Å². The molecule has 1 unspecified atom stereocenters. The molecule has 0 aromatic heterocycles. The van der Waals surface area contributed by atoms with Crippen LogP contribution in [0.4, 0.5) is 0 Å². The molecule has 0 saturated heterocycles. The predicted octanol–water partition coefficient (Wildman–Crippen LogP) is 4.43. The van der Waals surface area contributed by atoms with E-state index in [1.165, 1.54) is 7.11 Å². The Balaban J connectivity index is 1.59. The van der Waals surface area contributed by atoms with E-state index in [9.17, 15) is 9.59 Å². The van der Waals surface area contributed by atoms with Crippen molar-refractivity contribution in [3.63, 3.8) is 0 Å². The van der Waals surface area contributed by atoms with Gasteiger partial charge in [0.25, 0.3) is 0 Å². The molecule has 0 heterocycles. The number of hydrogen-bond donors (Lipinski definition) is 0. The average molecular weight is 434 g/mol. The van der Waals surface area contributed by atoms with Gasteiger partial charge in [-0.25, -0.2) is 0 Å². The highest BCUT2D eigenvalue weighted by Gasteiger charge is 2.30. The molecule has 0 amide bonds. The van der Waals surface area contributed by atoms with Crippen molar-refractivity contribution in [2.75, 3.05) is 27.4 Å². The van der Waals surface area contributed by atoms with Crippen molar-refractivity contribution in [2.45, 2.75) is 12.5 Å². The molecule has 6 heteroatoms. The number of ether oxygens (including phenoxy) is 4. The van der Waals surface area contributed by atoms with Gasteiger partial charge in [-0.15, -0.1) is 0 Å². The molecule has 0 fully saturated rings. The van der Waals surface area contributed by atoms with Crippen molar-refractivity contribution in [3.05, 3.63) is 95.6 Å². The largest absolute Gasteiger partial charge is 0.497 e. The van der Waals surface area contributed by atoms with Crippen molar-refractivity contribution in [2.24, 2.45) is 0 Å². The molecule has 0 saturated carbocycles. The van der Waals surface area contributed by atoms with Crippen LogP contribution in [-0.2, 0) is 20.9 Å². The molecule has 3 aromatic rings. The van der Waals surface area contributed by atoms with Crippen LogP contribution in [-0.4, -0.2) is 39.2 Å². The summed E-state index contributed by atoms with van der Waals surface area (Å²) >= 11 is 0. The fourth-order valence-corrected chi connectivity index (χ4v) is 3.17. The molecule has 0 aliphatic heterocycles. The van der Waals surface area contributed by atoms with Crippen LogP contribution < -0.4 is 9.47 Å². The third-order valence-corrected chi connectivity index (χ3v) is 4.89. The summed E-state index contributed by atoms with van der Waals surface area (Å²) < 4.78 is 21.3. The minimum atomic E-state index is -1.06. The van der Waals surface area contributed by atoms with E-state index in [4.69, 9.17) is 18.9 Å². The molecule has 0 aliphatic carbocycles. The van der Waals surface area contributed by atoms with Gasteiger partial charge in [-0.3, -0.25) is 9.59 Å². The summed E-state index contributed by atoms with van der Waals surface area (Å²) in [6, 6.07) is 23.4. The lowest BCUT2D eigenvalue weighted by Gasteiger charge is -2.15. The SMILES string of the molecule is COC(=O)C(C(=O)c1ccc(OC)cc1)c1ccc(OCCOCc2ccccc2)cc1. The van der Waals surface area contributed by atoms with Gasteiger partial charge in [0.1, 0.15) is 24.0 Å². The molecule has 0 N–H and O–H groups in total. The van der Waals surface area contributed by atoms with E-state index in [1.807, 2.05) is 30.3 Å². The molecule has 0 aliphatic rings.